The summed E-state index contributed by atoms with van der Waals surface area (Å²) in [7, 11) is 0. The molecule has 2 heteroatoms. The van der Waals surface area contributed by atoms with Gasteiger partial charge >= 0.3 is 0 Å². The highest BCUT2D eigenvalue weighted by atomic mass is 14.9. The molecule has 0 saturated carbocycles. The third-order valence-electron chi connectivity index (χ3n) is 2.28. The molecule has 0 fully saturated rings. The summed E-state index contributed by atoms with van der Waals surface area (Å²) in [5.74, 6) is 0. The van der Waals surface area contributed by atoms with Crippen LogP contribution in [0.3, 0.4) is 0 Å². The average molecular weight is 212 g/mol. The summed E-state index contributed by atoms with van der Waals surface area (Å²) >= 11 is 0. The van der Waals surface area contributed by atoms with Crippen molar-refractivity contribution >= 4 is 5.69 Å². The minimum absolute atomic E-state index is 0.436. The van der Waals surface area contributed by atoms with Gasteiger partial charge in [0.2, 0.25) is 0 Å². The van der Waals surface area contributed by atoms with E-state index in [1.54, 1.807) is 0 Å². The Labute approximate surface area is 96.4 Å². The van der Waals surface area contributed by atoms with Gasteiger partial charge in [-0.25, -0.2) is 0 Å². The van der Waals surface area contributed by atoms with Gasteiger partial charge in [-0.05, 0) is 26.0 Å². The number of rotatable bonds is 3. The molecule has 0 spiro atoms. The number of nitrogens with one attached hydrogen (secondary N) is 1. The summed E-state index contributed by atoms with van der Waals surface area (Å²) in [6.45, 7) is 4.26. The molecule has 2 aromatic rings. The Hall–Kier alpha value is -1.83. The quantitative estimate of drug-likeness (QED) is 0.841. The van der Waals surface area contributed by atoms with E-state index in [0.29, 0.717) is 6.04 Å². The van der Waals surface area contributed by atoms with E-state index in [2.05, 4.69) is 42.3 Å². The maximum absolute atomic E-state index is 4.38. The number of aromatic nitrogens is 1. The molecule has 1 aromatic heterocycles. The molecule has 1 aromatic carbocycles. The van der Waals surface area contributed by atoms with Crippen LogP contribution in [-0.2, 0) is 0 Å². The minimum atomic E-state index is 0.436. The standard InChI is InChI=1S/C14H16N2/c1-11(2)16-13-8-9-15-14(10-13)12-6-4-3-5-7-12/h3-11H,1-2H3,(H,15,16). The lowest BCUT2D eigenvalue weighted by Gasteiger charge is -2.10. The van der Waals surface area contributed by atoms with E-state index >= 15 is 0 Å². The molecule has 0 aliphatic carbocycles. The number of anilines is 1. The highest BCUT2D eigenvalue weighted by molar-refractivity contribution is 5.63. The highest BCUT2D eigenvalue weighted by Crippen LogP contribution is 2.19. The minimum Gasteiger partial charge on any atom is -0.383 e. The predicted octanol–water partition coefficient (Wildman–Crippen LogP) is 3.57. The zero-order chi connectivity index (χ0) is 11.4. The number of nitrogens with zero attached hydrogens (tertiary/aromatic N) is 1. The van der Waals surface area contributed by atoms with Crippen LogP contribution in [0.2, 0.25) is 0 Å². The first-order valence-corrected chi connectivity index (χ1v) is 5.54. The second-order valence-electron chi connectivity index (χ2n) is 4.09. The molecule has 0 aliphatic heterocycles. The van der Waals surface area contributed by atoms with E-state index < -0.39 is 0 Å². The maximum Gasteiger partial charge on any atom is 0.0722 e. The number of hydrogen-bond acceptors (Lipinski definition) is 2. The molecule has 2 rings (SSSR count). The maximum atomic E-state index is 4.38. The summed E-state index contributed by atoms with van der Waals surface area (Å²) in [6, 6.07) is 14.7. The van der Waals surface area contributed by atoms with Crippen LogP contribution in [0.25, 0.3) is 11.3 Å². The topological polar surface area (TPSA) is 24.9 Å². The van der Waals surface area contributed by atoms with Crippen molar-refractivity contribution in [3.05, 3.63) is 48.7 Å². The van der Waals surface area contributed by atoms with Gasteiger partial charge in [-0.2, -0.15) is 0 Å². The van der Waals surface area contributed by atoms with E-state index in [0.717, 1.165) is 16.9 Å². The van der Waals surface area contributed by atoms with E-state index in [1.165, 1.54) is 0 Å². The van der Waals surface area contributed by atoms with E-state index in [9.17, 15) is 0 Å². The van der Waals surface area contributed by atoms with Crippen LogP contribution in [0, 0.1) is 0 Å². The molecular weight excluding hydrogens is 196 g/mol. The molecule has 1 N–H and O–H groups in total. The summed E-state index contributed by atoms with van der Waals surface area (Å²) in [4.78, 5) is 4.38. The fourth-order valence-corrected chi connectivity index (χ4v) is 1.62. The zero-order valence-corrected chi connectivity index (χ0v) is 9.64. The molecule has 82 valence electrons. The van der Waals surface area contributed by atoms with Crippen molar-refractivity contribution in [1.29, 1.82) is 0 Å². The summed E-state index contributed by atoms with van der Waals surface area (Å²) in [5.41, 5.74) is 3.27. The van der Waals surface area contributed by atoms with Crippen LogP contribution in [0.15, 0.2) is 48.7 Å². The molecular formula is C14H16N2. The Bertz CT molecular complexity index is 449. The Kier molecular flexibility index (Phi) is 3.20. The number of benzene rings is 1. The third-order valence-corrected chi connectivity index (χ3v) is 2.28. The first kappa shape index (κ1) is 10.7. The Morgan fingerprint density at radius 3 is 2.50 bits per heavy atom. The number of pyridine rings is 1. The van der Waals surface area contributed by atoms with Crippen molar-refractivity contribution in [3.63, 3.8) is 0 Å². The van der Waals surface area contributed by atoms with Gasteiger partial charge in [0.15, 0.2) is 0 Å². The Balaban J connectivity index is 2.29. The van der Waals surface area contributed by atoms with Crippen molar-refractivity contribution < 1.29 is 0 Å². The molecule has 0 aliphatic rings. The van der Waals surface area contributed by atoms with Crippen LogP contribution in [0.1, 0.15) is 13.8 Å². The fraction of sp³-hybridized carbons (Fsp3) is 0.214. The van der Waals surface area contributed by atoms with E-state index in [4.69, 9.17) is 0 Å². The van der Waals surface area contributed by atoms with Crippen LogP contribution in [0.4, 0.5) is 5.69 Å². The Morgan fingerprint density at radius 1 is 1.06 bits per heavy atom. The van der Waals surface area contributed by atoms with Crippen LogP contribution in [-0.4, -0.2) is 11.0 Å². The third kappa shape index (κ3) is 2.60. The molecule has 0 unspecified atom stereocenters. The van der Waals surface area contributed by atoms with Gasteiger partial charge in [0.05, 0.1) is 5.69 Å². The lowest BCUT2D eigenvalue weighted by Crippen LogP contribution is -2.09. The van der Waals surface area contributed by atoms with Crippen LogP contribution < -0.4 is 5.32 Å². The van der Waals surface area contributed by atoms with Gasteiger partial charge < -0.3 is 5.32 Å². The van der Waals surface area contributed by atoms with Crippen molar-refractivity contribution in [2.75, 3.05) is 5.32 Å². The fourth-order valence-electron chi connectivity index (χ4n) is 1.62. The average Bonchev–Trinajstić information content (AvgIpc) is 2.30. The van der Waals surface area contributed by atoms with Crippen molar-refractivity contribution in [2.45, 2.75) is 19.9 Å². The Morgan fingerprint density at radius 2 is 1.81 bits per heavy atom. The smallest absolute Gasteiger partial charge is 0.0722 e. The molecule has 0 radical (unpaired) electrons. The highest BCUT2D eigenvalue weighted by Gasteiger charge is 2.00. The van der Waals surface area contributed by atoms with Gasteiger partial charge in [0.25, 0.3) is 0 Å². The summed E-state index contributed by atoms with van der Waals surface area (Å²) < 4.78 is 0. The van der Waals surface area contributed by atoms with E-state index in [-0.39, 0.29) is 0 Å². The van der Waals surface area contributed by atoms with Gasteiger partial charge in [0.1, 0.15) is 0 Å². The molecule has 0 amide bonds. The first-order chi connectivity index (χ1) is 7.75. The summed E-state index contributed by atoms with van der Waals surface area (Å²) in [5, 5.41) is 3.37. The van der Waals surface area contributed by atoms with Crippen molar-refractivity contribution in [3.8, 4) is 11.3 Å². The molecule has 0 bridgehead atoms. The van der Waals surface area contributed by atoms with Gasteiger partial charge in [-0.1, -0.05) is 30.3 Å². The lowest BCUT2D eigenvalue weighted by molar-refractivity contribution is 0.899. The zero-order valence-electron chi connectivity index (χ0n) is 9.64. The second kappa shape index (κ2) is 4.79. The van der Waals surface area contributed by atoms with Crippen molar-refractivity contribution in [1.82, 2.24) is 4.98 Å². The van der Waals surface area contributed by atoms with Gasteiger partial charge in [-0.3, -0.25) is 4.98 Å². The molecule has 1 heterocycles. The predicted molar refractivity (Wildman–Crippen MR) is 68.4 cm³/mol. The number of hydrogen-bond donors (Lipinski definition) is 1. The second-order valence-corrected chi connectivity index (χ2v) is 4.09. The molecule has 16 heavy (non-hydrogen) atoms. The van der Waals surface area contributed by atoms with Crippen molar-refractivity contribution in [2.24, 2.45) is 0 Å². The van der Waals surface area contributed by atoms with Gasteiger partial charge in [-0.15, -0.1) is 0 Å². The molecule has 0 saturated heterocycles. The normalized spacial score (nSPS) is 10.4. The van der Waals surface area contributed by atoms with Crippen LogP contribution >= 0.6 is 0 Å². The lowest BCUT2D eigenvalue weighted by atomic mass is 10.1. The monoisotopic (exact) mass is 212 g/mol. The first-order valence-electron chi connectivity index (χ1n) is 5.54. The SMILES string of the molecule is CC(C)Nc1ccnc(-c2ccccc2)c1. The van der Waals surface area contributed by atoms with E-state index in [1.807, 2.05) is 30.5 Å². The molecule has 2 nitrogen and oxygen atoms in total. The largest absolute Gasteiger partial charge is 0.383 e. The van der Waals surface area contributed by atoms with Gasteiger partial charge in [0, 0.05) is 23.5 Å². The summed E-state index contributed by atoms with van der Waals surface area (Å²) in [6.07, 6.45) is 1.84. The van der Waals surface area contributed by atoms with Crippen LogP contribution in [0.5, 0.6) is 0 Å². The molecule has 0 atom stereocenters.